The minimum atomic E-state index is -2.72. The van der Waals surface area contributed by atoms with E-state index < -0.39 is 23.5 Å². The van der Waals surface area contributed by atoms with Crippen LogP contribution >= 0.6 is 0 Å². The van der Waals surface area contributed by atoms with Crippen LogP contribution < -0.4 is 10.6 Å². The lowest BCUT2D eigenvalue weighted by Gasteiger charge is -2.65. The van der Waals surface area contributed by atoms with Crippen LogP contribution in [0, 0.1) is 17.3 Å². The molecule has 10 nitrogen and oxygen atoms in total. The fourth-order valence-corrected chi connectivity index (χ4v) is 7.76. The lowest BCUT2D eigenvalue weighted by Crippen LogP contribution is -2.65. The summed E-state index contributed by atoms with van der Waals surface area (Å²) in [6, 6.07) is 1.04. The normalized spacial score (nSPS) is 29.4. The molecule has 0 unspecified atom stereocenters. The molecule has 0 aromatic carbocycles. The van der Waals surface area contributed by atoms with Crippen molar-refractivity contribution in [2.45, 2.75) is 107 Å². The van der Waals surface area contributed by atoms with E-state index in [9.17, 15) is 22.8 Å². The molecule has 9 rings (SSSR count). The number of nitrogens with zero attached hydrogens (tertiary/aromatic N) is 5. The van der Waals surface area contributed by atoms with Gasteiger partial charge in [-0.15, -0.1) is 0 Å². The summed E-state index contributed by atoms with van der Waals surface area (Å²) in [5.41, 5.74) is 1.34. The van der Waals surface area contributed by atoms with Gasteiger partial charge in [0.2, 0.25) is 11.8 Å². The molecule has 43 heavy (non-hydrogen) atoms. The Labute approximate surface area is 245 Å². The molecule has 6 aliphatic rings. The second-order valence-electron chi connectivity index (χ2n) is 13.9. The Kier molecular flexibility index (Phi) is 5.98. The number of amides is 2. The molecule has 0 saturated heterocycles. The minimum absolute atomic E-state index is 0.0626. The molecule has 0 spiro atoms. The third kappa shape index (κ3) is 5.08. The number of hydrogen-bond donors (Lipinski definition) is 2. The van der Waals surface area contributed by atoms with E-state index in [1.54, 1.807) is 16.9 Å². The Bertz CT molecular complexity index is 1570. The Morgan fingerprint density at radius 2 is 1.70 bits per heavy atom. The minimum Gasteiger partial charge on any atom is -0.349 e. The molecule has 2 N–H and O–H groups in total. The first-order valence-electron chi connectivity index (χ1n) is 15.4. The van der Waals surface area contributed by atoms with Gasteiger partial charge in [-0.05, 0) is 91.8 Å². The van der Waals surface area contributed by atoms with Crippen molar-refractivity contribution in [3.05, 3.63) is 41.1 Å². The van der Waals surface area contributed by atoms with Crippen LogP contribution in [-0.4, -0.2) is 48.3 Å². The van der Waals surface area contributed by atoms with Gasteiger partial charge in [-0.3, -0.25) is 9.59 Å². The van der Waals surface area contributed by atoms with Crippen LogP contribution in [0.15, 0.2) is 23.1 Å². The molecule has 6 saturated carbocycles. The molecule has 3 aromatic heterocycles. The monoisotopic (exact) mass is 597 g/mol. The molecule has 2 atom stereocenters. The van der Waals surface area contributed by atoms with Crippen molar-refractivity contribution in [2.24, 2.45) is 17.3 Å². The Morgan fingerprint density at radius 3 is 2.37 bits per heavy atom. The molecule has 2 bridgehead atoms. The number of nitrogens with one attached hydrogen (secondary N) is 2. The topological polar surface area (TPSA) is 127 Å². The number of fused-ring (bicyclic) bond motifs is 1. The van der Waals surface area contributed by atoms with Gasteiger partial charge in [0, 0.05) is 25.2 Å². The van der Waals surface area contributed by atoms with Crippen molar-refractivity contribution in [3.63, 3.8) is 0 Å². The summed E-state index contributed by atoms with van der Waals surface area (Å²) >= 11 is 0. The van der Waals surface area contributed by atoms with Crippen molar-refractivity contribution in [1.82, 2.24) is 35.5 Å². The SMILES string of the molecule is O=C(C[C@]12C[C@](F)(C1)C2)N[C@@H](c1cnn2cc([C@@H](NC(=O)c3nonc3C3CC3)C3CCC(F)(F)CC3)nc2c1)C1CC1. The number of carbonyl (C=O) groups is 2. The van der Waals surface area contributed by atoms with Crippen LogP contribution in [0.5, 0.6) is 0 Å². The Hall–Kier alpha value is -3.51. The van der Waals surface area contributed by atoms with Crippen LogP contribution in [0.4, 0.5) is 13.2 Å². The molecule has 3 heterocycles. The van der Waals surface area contributed by atoms with Crippen molar-refractivity contribution < 1.29 is 27.4 Å². The first kappa shape index (κ1) is 27.1. The zero-order chi connectivity index (χ0) is 29.6. The first-order chi connectivity index (χ1) is 20.6. The van der Waals surface area contributed by atoms with E-state index in [-0.39, 0.29) is 60.6 Å². The van der Waals surface area contributed by atoms with Gasteiger partial charge in [-0.1, -0.05) is 5.16 Å². The highest BCUT2D eigenvalue weighted by molar-refractivity contribution is 5.93. The second-order valence-corrected chi connectivity index (χ2v) is 13.9. The predicted molar refractivity (Wildman–Crippen MR) is 145 cm³/mol. The van der Waals surface area contributed by atoms with Crippen LogP contribution in [0.2, 0.25) is 0 Å². The van der Waals surface area contributed by atoms with Crippen molar-refractivity contribution >= 4 is 17.5 Å². The molecule has 3 aromatic rings. The summed E-state index contributed by atoms with van der Waals surface area (Å²) in [7, 11) is 0. The smallest absolute Gasteiger partial charge is 0.276 e. The van der Waals surface area contributed by atoms with Gasteiger partial charge in [-0.2, -0.15) is 5.10 Å². The van der Waals surface area contributed by atoms with Gasteiger partial charge >= 0.3 is 0 Å². The molecular formula is C30H34F3N7O3. The Balaban J connectivity index is 1.04. The van der Waals surface area contributed by atoms with Gasteiger partial charge in [0.15, 0.2) is 11.3 Å². The average molecular weight is 598 g/mol. The largest absolute Gasteiger partial charge is 0.349 e. The lowest BCUT2D eigenvalue weighted by atomic mass is 9.41. The van der Waals surface area contributed by atoms with Gasteiger partial charge in [-0.25, -0.2) is 27.3 Å². The predicted octanol–water partition coefficient (Wildman–Crippen LogP) is 5.14. The molecular weight excluding hydrogens is 563 g/mol. The average Bonchev–Trinajstić information content (AvgIpc) is 3.87. The molecule has 0 aliphatic heterocycles. The maximum Gasteiger partial charge on any atom is 0.276 e. The van der Waals surface area contributed by atoms with E-state index in [0.29, 0.717) is 48.6 Å². The summed E-state index contributed by atoms with van der Waals surface area (Å²) in [5.74, 6) is -3.05. The van der Waals surface area contributed by atoms with Crippen molar-refractivity contribution in [2.75, 3.05) is 0 Å². The zero-order valence-corrected chi connectivity index (χ0v) is 23.7. The van der Waals surface area contributed by atoms with Gasteiger partial charge in [0.1, 0.15) is 11.4 Å². The summed E-state index contributed by atoms with van der Waals surface area (Å²) in [6.07, 6.45) is 9.01. The quantitative estimate of drug-likeness (QED) is 0.332. The fraction of sp³-hybridized carbons (Fsp3) is 0.667. The Morgan fingerprint density at radius 1 is 0.977 bits per heavy atom. The zero-order valence-electron chi connectivity index (χ0n) is 23.7. The van der Waals surface area contributed by atoms with E-state index in [1.165, 1.54) is 0 Å². The summed E-state index contributed by atoms with van der Waals surface area (Å²) in [6.45, 7) is 0. The fourth-order valence-electron chi connectivity index (χ4n) is 7.76. The number of rotatable bonds is 10. The van der Waals surface area contributed by atoms with E-state index in [1.807, 2.05) is 6.07 Å². The molecule has 6 fully saturated rings. The van der Waals surface area contributed by atoms with Gasteiger partial charge in [0.05, 0.1) is 30.2 Å². The summed E-state index contributed by atoms with van der Waals surface area (Å²) in [4.78, 5) is 31.1. The van der Waals surface area contributed by atoms with E-state index in [0.717, 1.165) is 31.2 Å². The van der Waals surface area contributed by atoms with Gasteiger partial charge in [0.25, 0.3) is 5.91 Å². The first-order valence-corrected chi connectivity index (χ1v) is 15.4. The van der Waals surface area contributed by atoms with Crippen molar-refractivity contribution in [3.8, 4) is 0 Å². The number of carbonyl (C=O) groups excluding carboxylic acids is 2. The van der Waals surface area contributed by atoms with Crippen LogP contribution in [0.25, 0.3) is 5.65 Å². The molecule has 13 heteroatoms. The third-order valence-electron chi connectivity index (χ3n) is 10.3. The maximum absolute atomic E-state index is 14.1. The van der Waals surface area contributed by atoms with Crippen LogP contribution in [-0.2, 0) is 4.79 Å². The summed E-state index contributed by atoms with van der Waals surface area (Å²) in [5, 5.41) is 18.5. The second kappa shape index (κ2) is 9.49. The highest BCUT2D eigenvalue weighted by Crippen LogP contribution is 2.71. The van der Waals surface area contributed by atoms with Crippen LogP contribution in [0.1, 0.15) is 122 Å². The van der Waals surface area contributed by atoms with E-state index >= 15 is 0 Å². The van der Waals surface area contributed by atoms with Gasteiger partial charge < -0.3 is 10.6 Å². The molecule has 228 valence electrons. The molecule has 0 radical (unpaired) electrons. The molecule has 6 aliphatic carbocycles. The van der Waals surface area contributed by atoms with E-state index in [4.69, 9.17) is 9.61 Å². The number of alkyl halides is 3. The third-order valence-corrected chi connectivity index (χ3v) is 10.3. The van der Waals surface area contributed by atoms with Crippen molar-refractivity contribution in [1.29, 1.82) is 0 Å². The number of aromatic nitrogens is 5. The highest BCUT2D eigenvalue weighted by Gasteiger charge is 2.69. The number of hydrogen-bond acceptors (Lipinski definition) is 7. The number of imidazole rings is 1. The standard InChI is InChI=1S/C30H34F3N7O3/c31-29-13-28(14-29,15-29)10-22(41)36-23(16-1-2-16)19-9-21-35-20(12-40(21)34-11-19)24(18-5-7-30(32,33)8-6-18)37-27(42)26-25(17-3-4-17)38-43-39-26/h9,11-12,16-18,23-24H,1-8,10,13-15H2,(H,36,41)(H,37,42)/t23-,24+,28-,29-/m1/s1. The number of halogens is 3. The van der Waals surface area contributed by atoms with E-state index in [2.05, 4.69) is 26.0 Å². The highest BCUT2D eigenvalue weighted by atomic mass is 19.3. The summed E-state index contributed by atoms with van der Waals surface area (Å²) < 4.78 is 48.6. The van der Waals surface area contributed by atoms with Crippen LogP contribution in [0.3, 0.4) is 0 Å². The maximum atomic E-state index is 14.1. The molecule has 2 amide bonds. The lowest BCUT2D eigenvalue weighted by molar-refractivity contribution is -0.215.